The first-order valence-electron chi connectivity index (χ1n) is 9.25. The highest BCUT2D eigenvalue weighted by Crippen LogP contribution is 2.47. The average Bonchev–Trinajstić information content (AvgIpc) is 2.56. The number of rotatable bonds is 5. The summed E-state index contributed by atoms with van der Waals surface area (Å²) in [5.41, 5.74) is 1.39. The lowest BCUT2D eigenvalue weighted by Gasteiger charge is -2.51. The Morgan fingerprint density at radius 2 is 1.93 bits per heavy atom. The molecule has 2 unspecified atom stereocenters. The third kappa shape index (κ3) is 3.86. The van der Waals surface area contributed by atoms with Gasteiger partial charge in [0.2, 0.25) is 5.91 Å². The molecule has 0 aromatic heterocycles. The highest BCUT2D eigenvalue weighted by atomic mass is 16.9. The third-order valence-electron chi connectivity index (χ3n) is 5.41. The van der Waals surface area contributed by atoms with Crippen LogP contribution in [0.15, 0.2) is 12.1 Å². The minimum Gasteiger partial charge on any atom is -0.493 e. The first-order valence-corrected chi connectivity index (χ1v) is 9.25. The van der Waals surface area contributed by atoms with Crippen LogP contribution in [0, 0.1) is 11.8 Å². The predicted octanol–water partition coefficient (Wildman–Crippen LogP) is -0.165. The summed E-state index contributed by atoms with van der Waals surface area (Å²) in [5.74, 6) is -3.18. The molecule has 1 aromatic carbocycles. The SMILES string of the molecule is COc1cc2c(cc1OC(O)(O)O)CCN1C2CC(=O)C(CC(C)C)C1(O)O. The quantitative estimate of drug-likeness (QED) is 0.429. The fourth-order valence-electron chi connectivity index (χ4n) is 4.22. The van der Waals surface area contributed by atoms with E-state index in [1.54, 1.807) is 6.07 Å². The number of fused-ring (bicyclic) bond motifs is 3. The first-order chi connectivity index (χ1) is 12.9. The smallest absolute Gasteiger partial charge is 0.453 e. The van der Waals surface area contributed by atoms with Crippen molar-refractivity contribution in [2.75, 3.05) is 13.7 Å². The van der Waals surface area contributed by atoms with Crippen LogP contribution in [0.25, 0.3) is 0 Å². The molecule has 0 radical (unpaired) electrons. The van der Waals surface area contributed by atoms with E-state index in [2.05, 4.69) is 0 Å². The molecule has 2 aliphatic rings. The molecule has 2 atom stereocenters. The van der Waals surface area contributed by atoms with Gasteiger partial charge in [0.05, 0.1) is 13.0 Å². The van der Waals surface area contributed by atoms with Crippen molar-refractivity contribution in [3.63, 3.8) is 0 Å². The Bertz CT molecular complexity index is 755. The fourth-order valence-corrected chi connectivity index (χ4v) is 4.22. The summed E-state index contributed by atoms with van der Waals surface area (Å²) in [6, 6.07) is 2.49. The molecule has 5 N–H and O–H groups in total. The van der Waals surface area contributed by atoms with Crippen molar-refractivity contribution in [2.24, 2.45) is 11.8 Å². The topological polar surface area (TPSA) is 140 Å². The Kier molecular flexibility index (Phi) is 5.43. The number of ether oxygens (including phenoxy) is 2. The molecule has 1 fully saturated rings. The Labute approximate surface area is 162 Å². The lowest BCUT2D eigenvalue weighted by molar-refractivity contribution is -0.419. The Morgan fingerprint density at radius 1 is 1.25 bits per heavy atom. The zero-order valence-electron chi connectivity index (χ0n) is 16.1. The van der Waals surface area contributed by atoms with Gasteiger partial charge in [-0.15, -0.1) is 0 Å². The van der Waals surface area contributed by atoms with Crippen LogP contribution in [0.4, 0.5) is 0 Å². The highest BCUT2D eigenvalue weighted by Gasteiger charge is 2.53. The van der Waals surface area contributed by atoms with Crippen LogP contribution in [-0.2, 0) is 11.2 Å². The molecule has 0 spiro atoms. The number of methoxy groups -OCH3 is 1. The van der Waals surface area contributed by atoms with Crippen molar-refractivity contribution < 1.29 is 39.8 Å². The average molecular weight is 397 g/mol. The molecule has 0 saturated carbocycles. The summed E-state index contributed by atoms with van der Waals surface area (Å²) >= 11 is 0. The highest BCUT2D eigenvalue weighted by molar-refractivity contribution is 5.84. The molecule has 0 amide bonds. The maximum absolute atomic E-state index is 12.7. The van der Waals surface area contributed by atoms with E-state index in [1.165, 1.54) is 18.1 Å². The summed E-state index contributed by atoms with van der Waals surface area (Å²) in [6.07, 6.45) is -2.45. The largest absolute Gasteiger partial charge is 0.493 e. The normalized spacial score (nSPS) is 24.7. The molecule has 2 aliphatic heterocycles. The van der Waals surface area contributed by atoms with Crippen LogP contribution >= 0.6 is 0 Å². The van der Waals surface area contributed by atoms with Gasteiger partial charge >= 0.3 is 6.16 Å². The lowest BCUT2D eigenvalue weighted by Crippen LogP contribution is -2.63. The summed E-state index contributed by atoms with van der Waals surface area (Å²) in [6.45, 7) is 4.15. The van der Waals surface area contributed by atoms with Crippen LogP contribution in [0.1, 0.15) is 43.9 Å². The minimum absolute atomic E-state index is 0.0821. The second-order valence-electron chi connectivity index (χ2n) is 7.88. The molecule has 9 nitrogen and oxygen atoms in total. The molecule has 156 valence electrons. The van der Waals surface area contributed by atoms with E-state index in [0.717, 1.165) is 5.56 Å². The number of piperidine rings is 1. The van der Waals surface area contributed by atoms with Gasteiger partial charge in [-0.25, -0.2) is 4.90 Å². The Balaban J connectivity index is 1.99. The number of hydrogen-bond donors (Lipinski definition) is 5. The molecule has 2 heterocycles. The van der Waals surface area contributed by atoms with E-state index in [4.69, 9.17) is 24.8 Å². The van der Waals surface area contributed by atoms with Gasteiger partial charge in [0, 0.05) is 19.0 Å². The molecule has 3 rings (SSSR count). The van der Waals surface area contributed by atoms with Gasteiger partial charge in [0.1, 0.15) is 5.78 Å². The van der Waals surface area contributed by atoms with Gasteiger partial charge in [0.25, 0.3) is 0 Å². The van der Waals surface area contributed by atoms with E-state index in [0.29, 0.717) is 24.9 Å². The van der Waals surface area contributed by atoms with Gasteiger partial charge in [-0.3, -0.25) is 4.79 Å². The monoisotopic (exact) mass is 397 g/mol. The zero-order valence-corrected chi connectivity index (χ0v) is 16.1. The van der Waals surface area contributed by atoms with E-state index in [-0.39, 0.29) is 29.6 Å². The summed E-state index contributed by atoms with van der Waals surface area (Å²) in [5, 5.41) is 48.9. The van der Waals surface area contributed by atoms with E-state index >= 15 is 0 Å². The molecule has 1 saturated heterocycles. The second-order valence-corrected chi connectivity index (χ2v) is 7.88. The van der Waals surface area contributed by atoms with Gasteiger partial charge in [-0.05, 0) is 42.0 Å². The number of carbonyl (C=O) groups is 1. The van der Waals surface area contributed by atoms with Crippen LogP contribution in [-0.4, -0.2) is 61.9 Å². The summed E-state index contributed by atoms with van der Waals surface area (Å²) in [7, 11) is 1.34. The number of aliphatic hydroxyl groups is 5. The number of nitrogens with zero attached hydrogens (tertiary/aromatic N) is 1. The molecule has 0 aliphatic carbocycles. The number of carbonyl (C=O) groups excluding carboxylic acids is 1. The van der Waals surface area contributed by atoms with E-state index in [9.17, 15) is 15.0 Å². The van der Waals surface area contributed by atoms with Crippen molar-refractivity contribution in [2.45, 2.75) is 51.2 Å². The standard InChI is InChI=1S/C19H27NO8/c1-10(2)6-13-15(21)9-14-12-8-16(27-3)17(28-19(24,25)26)7-11(12)4-5-20(14)18(13,22)23/h7-8,10,13-14,22-26H,4-6,9H2,1-3H3. The number of ketones is 1. The van der Waals surface area contributed by atoms with Crippen molar-refractivity contribution in [3.05, 3.63) is 23.3 Å². The number of hydrogen-bond acceptors (Lipinski definition) is 9. The fraction of sp³-hybridized carbons (Fsp3) is 0.632. The van der Waals surface area contributed by atoms with Crippen molar-refractivity contribution >= 4 is 5.78 Å². The molecule has 0 bridgehead atoms. The van der Waals surface area contributed by atoms with Gasteiger partial charge in [-0.1, -0.05) is 13.8 Å². The Morgan fingerprint density at radius 3 is 2.50 bits per heavy atom. The van der Waals surface area contributed by atoms with Crippen LogP contribution in [0.2, 0.25) is 0 Å². The van der Waals surface area contributed by atoms with Crippen molar-refractivity contribution in [3.8, 4) is 11.5 Å². The van der Waals surface area contributed by atoms with Crippen molar-refractivity contribution in [1.82, 2.24) is 4.90 Å². The third-order valence-corrected chi connectivity index (χ3v) is 5.41. The molecule has 1 aromatic rings. The van der Waals surface area contributed by atoms with Gasteiger partial charge < -0.3 is 35.0 Å². The molecule has 9 heteroatoms. The first kappa shape index (κ1) is 21.0. The zero-order chi connectivity index (χ0) is 20.9. The van der Waals surface area contributed by atoms with E-state index < -0.39 is 24.0 Å². The lowest BCUT2D eigenvalue weighted by atomic mass is 9.77. The van der Waals surface area contributed by atoms with Crippen molar-refractivity contribution in [1.29, 1.82) is 0 Å². The minimum atomic E-state index is -3.36. The van der Waals surface area contributed by atoms with Crippen LogP contribution < -0.4 is 9.47 Å². The van der Waals surface area contributed by atoms with Gasteiger partial charge in [0.15, 0.2) is 11.5 Å². The Hall–Kier alpha value is -1.75. The van der Waals surface area contributed by atoms with Crippen LogP contribution in [0.3, 0.4) is 0 Å². The summed E-state index contributed by atoms with van der Waals surface area (Å²) in [4.78, 5) is 14.2. The predicted molar refractivity (Wildman–Crippen MR) is 95.9 cm³/mol. The molecule has 28 heavy (non-hydrogen) atoms. The number of Topliss-reactive ketones (excluding diaryl/α,β-unsaturated/α-hetero) is 1. The van der Waals surface area contributed by atoms with E-state index in [1.807, 2.05) is 13.8 Å². The second kappa shape index (κ2) is 7.25. The maximum Gasteiger partial charge on any atom is 0.453 e. The summed E-state index contributed by atoms with van der Waals surface area (Å²) < 4.78 is 9.91. The molecular weight excluding hydrogens is 370 g/mol. The number of benzene rings is 1. The van der Waals surface area contributed by atoms with Gasteiger partial charge in [-0.2, -0.15) is 0 Å². The molecular formula is C19H27NO8. The van der Waals surface area contributed by atoms with Crippen LogP contribution in [0.5, 0.6) is 11.5 Å². The maximum atomic E-state index is 12.7.